The predicted molar refractivity (Wildman–Crippen MR) is 103 cm³/mol. The zero-order chi connectivity index (χ0) is 18.9. The van der Waals surface area contributed by atoms with Gasteiger partial charge in [-0.25, -0.2) is 9.78 Å². The molecule has 0 radical (unpaired) electrons. The van der Waals surface area contributed by atoms with Crippen LogP contribution in [0.3, 0.4) is 0 Å². The molecule has 1 aliphatic heterocycles. The molecule has 1 amide bonds. The van der Waals surface area contributed by atoms with Gasteiger partial charge in [0.15, 0.2) is 0 Å². The Morgan fingerprint density at radius 1 is 1.31 bits per heavy atom. The molecule has 1 saturated heterocycles. The molecular formula is C19H24BrN3O3. The first-order valence-electron chi connectivity index (χ1n) is 8.81. The third-order valence-corrected chi connectivity index (χ3v) is 4.96. The van der Waals surface area contributed by atoms with E-state index in [1.807, 2.05) is 39.0 Å². The minimum atomic E-state index is -0.688. The molecule has 1 atom stereocenters. The number of hydrogen-bond acceptors (Lipinski definition) is 5. The lowest BCUT2D eigenvalue weighted by molar-refractivity contribution is 0.00714. The molecule has 0 saturated carbocycles. The van der Waals surface area contributed by atoms with E-state index in [4.69, 9.17) is 4.74 Å². The number of carbonyl (C=O) groups is 1. The van der Waals surface area contributed by atoms with Crippen LogP contribution >= 0.6 is 15.9 Å². The molecule has 26 heavy (non-hydrogen) atoms. The Bertz CT molecular complexity index is 798. The predicted octanol–water partition coefficient (Wildman–Crippen LogP) is 4.07. The fraction of sp³-hybridized carbons (Fsp3) is 0.526. The van der Waals surface area contributed by atoms with Gasteiger partial charge in [-0.15, -0.1) is 0 Å². The van der Waals surface area contributed by atoms with Crippen LogP contribution in [0.5, 0.6) is 0 Å². The molecule has 0 aliphatic carbocycles. The number of fused-ring (bicyclic) bond motifs is 1. The Morgan fingerprint density at radius 3 is 2.65 bits per heavy atom. The molecule has 7 heteroatoms. The van der Waals surface area contributed by atoms with E-state index in [1.165, 1.54) is 0 Å². The van der Waals surface area contributed by atoms with Crippen molar-refractivity contribution in [3.8, 4) is 0 Å². The first-order chi connectivity index (χ1) is 12.2. The Labute approximate surface area is 161 Å². The summed E-state index contributed by atoms with van der Waals surface area (Å²) in [7, 11) is 0. The number of aliphatic hydroxyl groups is 1. The van der Waals surface area contributed by atoms with Crippen molar-refractivity contribution >= 4 is 33.1 Å². The summed E-state index contributed by atoms with van der Waals surface area (Å²) in [6.07, 6.45) is 2.07. The Balaban J connectivity index is 1.65. The Kier molecular flexibility index (Phi) is 5.48. The highest BCUT2D eigenvalue weighted by molar-refractivity contribution is 9.10. The summed E-state index contributed by atoms with van der Waals surface area (Å²) in [5.74, 6) is 0.0487. The van der Waals surface area contributed by atoms with E-state index < -0.39 is 11.7 Å². The van der Waals surface area contributed by atoms with E-state index in [0.29, 0.717) is 31.6 Å². The summed E-state index contributed by atoms with van der Waals surface area (Å²) in [5.41, 5.74) is 1.62. The van der Waals surface area contributed by atoms with Crippen LogP contribution in [-0.2, 0) is 4.74 Å². The fourth-order valence-electron chi connectivity index (χ4n) is 3.11. The van der Waals surface area contributed by atoms with Gasteiger partial charge < -0.3 is 14.7 Å². The topological polar surface area (TPSA) is 75.5 Å². The molecule has 1 aromatic heterocycles. The minimum Gasteiger partial charge on any atom is -0.444 e. The lowest BCUT2D eigenvalue weighted by atomic mass is 9.90. The molecule has 6 nitrogen and oxygen atoms in total. The molecule has 1 fully saturated rings. The second kappa shape index (κ2) is 7.48. The lowest BCUT2D eigenvalue weighted by Crippen LogP contribution is -2.42. The maximum atomic E-state index is 12.2. The standard InChI is InChI=1S/C19H24BrN3O3/c1-19(2,3)26-18(25)23-8-6-12(7-9-23)17(24)16-11-21-14-5-4-13(20)10-15(14)22-16/h4-5,10-12,17,24H,6-9H2,1-3H3. The third kappa shape index (κ3) is 4.51. The number of amides is 1. The molecule has 1 unspecified atom stereocenters. The molecule has 2 heterocycles. The highest BCUT2D eigenvalue weighted by Gasteiger charge is 2.31. The van der Waals surface area contributed by atoms with Crippen LogP contribution in [0.4, 0.5) is 4.79 Å². The fourth-order valence-corrected chi connectivity index (χ4v) is 3.46. The monoisotopic (exact) mass is 421 g/mol. The molecule has 2 aromatic rings. The lowest BCUT2D eigenvalue weighted by Gasteiger charge is -2.35. The second-order valence-electron chi connectivity index (χ2n) is 7.68. The van der Waals surface area contributed by atoms with Crippen molar-refractivity contribution in [3.63, 3.8) is 0 Å². The smallest absolute Gasteiger partial charge is 0.410 e. The Morgan fingerprint density at radius 2 is 2.00 bits per heavy atom. The van der Waals surface area contributed by atoms with Gasteiger partial charge in [-0.1, -0.05) is 15.9 Å². The number of likely N-dealkylation sites (tertiary alicyclic amines) is 1. The third-order valence-electron chi connectivity index (χ3n) is 4.46. The van der Waals surface area contributed by atoms with Crippen LogP contribution in [0.2, 0.25) is 0 Å². The van der Waals surface area contributed by atoms with Crippen molar-refractivity contribution in [2.24, 2.45) is 5.92 Å². The number of benzene rings is 1. The zero-order valence-electron chi connectivity index (χ0n) is 15.3. The van der Waals surface area contributed by atoms with Crippen molar-refractivity contribution in [2.45, 2.75) is 45.3 Å². The van der Waals surface area contributed by atoms with Crippen LogP contribution in [0.1, 0.15) is 45.4 Å². The number of aliphatic hydroxyl groups excluding tert-OH is 1. The van der Waals surface area contributed by atoms with Gasteiger partial charge in [-0.3, -0.25) is 4.98 Å². The van der Waals surface area contributed by atoms with Crippen LogP contribution in [-0.4, -0.2) is 44.8 Å². The quantitative estimate of drug-likeness (QED) is 0.790. The van der Waals surface area contributed by atoms with Gasteiger partial charge in [-0.2, -0.15) is 0 Å². The van der Waals surface area contributed by atoms with E-state index in [2.05, 4.69) is 25.9 Å². The van der Waals surface area contributed by atoms with Crippen LogP contribution < -0.4 is 0 Å². The molecule has 1 aromatic carbocycles. The highest BCUT2D eigenvalue weighted by atomic mass is 79.9. The van der Waals surface area contributed by atoms with Crippen molar-refractivity contribution < 1.29 is 14.6 Å². The summed E-state index contributed by atoms with van der Waals surface area (Å²) in [6, 6.07) is 5.70. The largest absolute Gasteiger partial charge is 0.444 e. The van der Waals surface area contributed by atoms with Crippen molar-refractivity contribution in [2.75, 3.05) is 13.1 Å². The summed E-state index contributed by atoms with van der Waals surface area (Å²) >= 11 is 3.43. The van der Waals surface area contributed by atoms with Gasteiger partial charge in [0.2, 0.25) is 0 Å². The van der Waals surface area contributed by atoms with Gasteiger partial charge in [0.05, 0.1) is 22.9 Å². The highest BCUT2D eigenvalue weighted by Crippen LogP contribution is 2.31. The van der Waals surface area contributed by atoms with E-state index in [1.54, 1.807) is 11.1 Å². The number of ether oxygens (including phenoxy) is 1. The van der Waals surface area contributed by atoms with E-state index >= 15 is 0 Å². The maximum Gasteiger partial charge on any atom is 0.410 e. The average molecular weight is 422 g/mol. The van der Waals surface area contributed by atoms with Gasteiger partial charge >= 0.3 is 6.09 Å². The zero-order valence-corrected chi connectivity index (χ0v) is 16.9. The molecule has 0 spiro atoms. The molecule has 140 valence electrons. The number of hydrogen-bond donors (Lipinski definition) is 1. The van der Waals surface area contributed by atoms with Gasteiger partial charge in [0.1, 0.15) is 11.7 Å². The van der Waals surface area contributed by atoms with Gasteiger partial charge in [0.25, 0.3) is 0 Å². The normalized spacial score (nSPS) is 17.3. The number of halogens is 1. The minimum absolute atomic E-state index is 0.0487. The van der Waals surface area contributed by atoms with Crippen LogP contribution in [0, 0.1) is 5.92 Å². The van der Waals surface area contributed by atoms with Crippen LogP contribution in [0.15, 0.2) is 28.9 Å². The first-order valence-corrected chi connectivity index (χ1v) is 9.60. The second-order valence-corrected chi connectivity index (χ2v) is 8.59. The number of piperidine rings is 1. The van der Waals surface area contributed by atoms with E-state index in [9.17, 15) is 9.90 Å². The number of nitrogens with zero attached hydrogens (tertiary/aromatic N) is 3. The molecule has 3 rings (SSSR count). The number of rotatable bonds is 2. The van der Waals surface area contributed by atoms with Crippen molar-refractivity contribution in [3.05, 3.63) is 34.6 Å². The van der Waals surface area contributed by atoms with E-state index in [-0.39, 0.29) is 12.0 Å². The SMILES string of the molecule is CC(C)(C)OC(=O)N1CCC(C(O)c2cnc3ccc(Br)cc3n2)CC1. The molecule has 1 aliphatic rings. The number of carbonyl (C=O) groups excluding carboxylic acids is 1. The van der Waals surface area contributed by atoms with Crippen molar-refractivity contribution in [1.82, 2.24) is 14.9 Å². The summed E-state index contributed by atoms with van der Waals surface area (Å²) in [5, 5.41) is 10.7. The van der Waals surface area contributed by atoms with Gasteiger partial charge in [0, 0.05) is 17.6 Å². The summed E-state index contributed by atoms with van der Waals surface area (Å²) in [6.45, 7) is 6.72. The van der Waals surface area contributed by atoms with E-state index in [0.717, 1.165) is 15.5 Å². The Hall–Kier alpha value is -1.73. The molecule has 1 N–H and O–H groups in total. The summed E-state index contributed by atoms with van der Waals surface area (Å²) < 4.78 is 6.34. The average Bonchev–Trinajstić information content (AvgIpc) is 2.59. The summed E-state index contributed by atoms with van der Waals surface area (Å²) in [4.78, 5) is 22.8. The molecule has 0 bridgehead atoms. The van der Waals surface area contributed by atoms with Crippen LogP contribution in [0.25, 0.3) is 11.0 Å². The van der Waals surface area contributed by atoms with Crippen molar-refractivity contribution in [1.29, 1.82) is 0 Å². The first kappa shape index (κ1) is 19.0. The van der Waals surface area contributed by atoms with Gasteiger partial charge in [-0.05, 0) is 57.7 Å². The number of aromatic nitrogens is 2. The maximum absolute atomic E-state index is 12.2. The molecular weight excluding hydrogens is 398 g/mol.